The maximum Gasteiger partial charge on any atom is 0.312 e. The minimum Gasteiger partial charge on any atom is -0.507 e. The van der Waals surface area contributed by atoms with Gasteiger partial charge in [0.15, 0.2) is 0 Å². The second-order valence-electron chi connectivity index (χ2n) is 5.69. The van der Waals surface area contributed by atoms with Crippen LogP contribution in [-0.4, -0.2) is 18.2 Å². The van der Waals surface area contributed by atoms with Crippen molar-refractivity contribution in [2.75, 3.05) is 7.11 Å². The SMILES string of the molecule is COC(=O)[C@@H](C)c1ccc2c(-c3ccc(F)cc3)c(O)ccc2c1. The molecule has 0 fully saturated rings. The van der Waals surface area contributed by atoms with E-state index in [4.69, 9.17) is 4.74 Å². The molecule has 0 saturated carbocycles. The summed E-state index contributed by atoms with van der Waals surface area (Å²) in [4.78, 5) is 11.7. The number of ether oxygens (including phenoxy) is 1. The Kier molecular flexibility index (Phi) is 4.21. The summed E-state index contributed by atoms with van der Waals surface area (Å²) < 4.78 is 17.9. The molecule has 0 heterocycles. The summed E-state index contributed by atoms with van der Waals surface area (Å²) in [7, 11) is 1.37. The lowest BCUT2D eigenvalue weighted by Crippen LogP contribution is -2.10. The predicted molar refractivity (Wildman–Crippen MR) is 91.4 cm³/mol. The summed E-state index contributed by atoms with van der Waals surface area (Å²) in [5, 5.41) is 12.0. The minimum absolute atomic E-state index is 0.128. The number of hydrogen-bond acceptors (Lipinski definition) is 3. The maximum absolute atomic E-state index is 13.2. The van der Waals surface area contributed by atoms with Crippen LogP contribution in [0.5, 0.6) is 5.75 Å². The van der Waals surface area contributed by atoms with E-state index >= 15 is 0 Å². The quantitative estimate of drug-likeness (QED) is 0.715. The first kappa shape index (κ1) is 16.0. The number of carbonyl (C=O) groups excluding carboxylic acids is 1. The van der Waals surface area contributed by atoms with Gasteiger partial charge in [0.05, 0.1) is 13.0 Å². The van der Waals surface area contributed by atoms with Gasteiger partial charge in [-0.25, -0.2) is 4.39 Å². The van der Waals surface area contributed by atoms with Gasteiger partial charge in [0.2, 0.25) is 0 Å². The number of esters is 1. The molecule has 0 aliphatic carbocycles. The van der Waals surface area contributed by atoms with Gasteiger partial charge in [-0.15, -0.1) is 0 Å². The van der Waals surface area contributed by atoms with Crippen LogP contribution in [-0.2, 0) is 9.53 Å². The normalized spacial score (nSPS) is 12.1. The molecule has 0 aromatic heterocycles. The van der Waals surface area contributed by atoms with Gasteiger partial charge < -0.3 is 9.84 Å². The number of hydrogen-bond donors (Lipinski definition) is 1. The Morgan fingerprint density at radius 3 is 2.46 bits per heavy atom. The van der Waals surface area contributed by atoms with E-state index in [1.165, 1.54) is 19.2 Å². The average molecular weight is 324 g/mol. The standard InChI is InChI=1S/C20H17FO3/c1-12(20(23)24-2)14-5-9-17-15(11-14)6-10-18(22)19(17)13-3-7-16(21)8-4-13/h3-12,22H,1-2H3/t12-/m0/s1. The lowest BCUT2D eigenvalue weighted by Gasteiger charge is -2.13. The van der Waals surface area contributed by atoms with Gasteiger partial charge in [-0.3, -0.25) is 4.79 Å². The molecule has 0 bridgehead atoms. The summed E-state index contributed by atoms with van der Waals surface area (Å²) in [5.74, 6) is -0.870. The molecule has 3 nitrogen and oxygen atoms in total. The van der Waals surface area contributed by atoms with E-state index in [9.17, 15) is 14.3 Å². The Balaban J connectivity index is 2.15. The number of halogens is 1. The molecular formula is C20H17FO3. The van der Waals surface area contributed by atoms with E-state index in [-0.39, 0.29) is 23.5 Å². The summed E-state index contributed by atoms with van der Waals surface area (Å²) in [5.41, 5.74) is 2.21. The number of benzene rings is 3. The Morgan fingerprint density at radius 2 is 1.79 bits per heavy atom. The molecule has 0 amide bonds. The van der Waals surface area contributed by atoms with Crippen molar-refractivity contribution < 1.29 is 19.0 Å². The van der Waals surface area contributed by atoms with Crippen LogP contribution in [0, 0.1) is 5.82 Å². The Morgan fingerprint density at radius 1 is 1.08 bits per heavy atom. The number of carbonyl (C=O) groups is 1. The first-order chi connectivity index (χ1) is 11.5. The lowest BCUT2D eigenvalue weighted by atomic mass is 9.93. The molecule has 122 valence electrons. The van der Waals surface area contributed by atoms with Crippen molar-refractivity contribution in [3.05, 3.63) is 66.0 Å². The summed E-state index contributed by atoms with van der Waals surface area (Å²) >= 11 is 0. The molecule has 1 atom stereocenters. The van der Waals surface area contributed by atoms with Crippen molar-refractivity contribution in [3.8, 4) is 16.9 Å². The highest BCUT2D eigenvalue weighted by Crippen LogP contribution is 2.37. The smallest absolute Gasteiger partial charge is 0.312 e. The first-order valence-corrected chi connectivity index (χ1v) is 7.60. The largest absolute Gasteiger partial charge is 0.507 e. The van der Waals surface area contributed by atoms with Crippen LogP contribution in [0.2, 0.25) is 0 Å². The fourth-order valence-corrected chi connectivity index (χ4v) is 2.84. The highest BCUT2D eigenvalue weighted by molar-refractivity contribution is 6.00. The lowest BCUT2D eigenvalue weighted by molar-refractivity contribution is -0.141. The number of fused-ring (bicyclic) bond motifs is 1. The van der Waals surface area contributed by atoms with Crippen LogP contribution in [0.3, 0.4) is 0 Å². The third-order valence-electron chi connectivity index (χ3n) is 4.21. The molecule has 0 radical (unpaired) electrons. The van der Waals surface area contributed by atoms with Crippen molar-refractivity contribution in [3.63, 3.8) is 0 Å². The molecule has 0 spiro atoms. The Bertz CT molecular complexity index is 901. The number of phenols is 1. The number of aromatic hydroxyl groups is 1. The van der Waals surface area contributed by atoms with Crippen LogP contribution < -0.4 is 0 Å². The zero-order valence-corrected chi connectivity index (χ0v) is 13.4. The summed E-state index contributed by atoms with van der Waals surface area (Å²) in [6.07, 6.45) is 0. The second kappa shape index (κ2) is 6.32. The maximum atomic E-state index is 13.2. The van der Waals surface area contributed by atoms with Gasteiger partial charge in [-0.2, -0.15) is 0 Å². The molecule has 0 aliphatic rings. The van der Waals surface area contributed by atoms with E-state index < -0.39 is 0 Å². The predicted octanol–water partition coefficient (Wildman–Crippen LogP) is 4.63. The van der Waals surface area contributed by atoms with Crippen molar-refractivity contribution in [1.82, 2.24) is 0 Å². The molecule has 3 rings (SSSR count). The third kappa shape index (κ3) is 2.83. The van der Waals surface area contributed by atoms with E-state index in [0.29, 0.717) is 5.56 Å². The van der Waals surface area contributed by atoms with Gasteiger partial charge in [-0.05, 0) is 47.0 Å². The van der Waals surface area contributed by atoms with E-state index in [0.717, 1.165) is 21.9 Å². The van der Waals surface area contributed by atoms with Crippen LogP contribution in [0.4, 0.5) is 4.39 Å². The van der Waals surface area contributed by atoms with Crippen molar-refractivity contribution in [1.29, 1.82) is 0 Å². The monoisotopic (exact) mass is 324 g/mol. The Hall–Kier alpha value is -2.88. The average Bonchev–Trinajstić information content (AvgIpc) is 2.61. The topological polar surface area (TPSA) is 46.5 Å². The number of rotatable bonds is 3. The van der Waals surface area contributed by atoms with E-state index in [1.54, 1.807) is 31.2 Å². The summed E-state index contributed by atoms with van der Waals surface area (Å²) in [6, 6.07) is 15.0. The zero-order valence-electron chi connectivity index (χ0n) is 13.4. The fourth-order valence-electron chi connectivity index (χ4n) is 2.84. The highest BCUT2D eigenvalue weighted by atomic mass is 19.1. The fraction of sp³-hybridized carbons (Fsp3) is 0.150. The van der Waals surface area contributed by atoms with Gasteiger partial charge in [-0.1, -0.05) is 36.4 Å². The summed E-state index contributed by atoms with van der Waals surface area (Å²) in [6.45, 7) is 1.79. The van der Waals surface area contributed by atoms with E-state index in [1.807, 2.05) is 18.2 Å². The molecule has 0 aliphatic heterocycles. The number of phenolic OH excluding ortho intramolecular Hbond substituents is 1. The minimum atomic E-state index is -0.373. The van der Waals surface area contributed by atoms with E-state index in [2.05, 4.69) is 0 Å². The van der Waals surface area contributed by atoms with Gasteiger partial charge >= 0.3 is 5.97 Å². The molecule has 24 heavy (non-hydrogen) atoms. The molecule has 3 aromatic rings. The van der Waals surface area contributed by atoms with Crippen molar-refractivity contribution >= 4 is 16.7 Å². The molecule has 0 unspecified atom stereocenters. The van der Waals surface area contributed by atoms with Crippen molar-refractivity contribution in [2.24, 2.45) is 0 Å². The number of methoxy groups -OCH3 is 1. The van der Waals surface area contributed by atoms with Crippen LogP contribution in [0.15, 0.2) is 54.6 Å². The second-order valence-corrected chi connectivity index (χ2v) is 5.69. The molecular weight excluding hydrogens is 307 g/mol. The first-order valence-electron chi connectivity index (χ1n) is 7.60. The Labute approximate surface area is 139 Å². The molecule has 0 saturated heterocycles. The van der Waals surface area contributed by atoms with Crippen LogP contribution in [0.25, 0.3) is 21.9 Å². The molecule has 1 N–H and O–H groups in total. The van der Waals surface area contributed by atoms with Crippen LogP contribution in [0.1, 0.15) is 18.4 Å². The zero-order chi connectivity index (χ0) is 17.3. The van der Waals surface area contributed by atoms with Gasteiger partial charge in [0.25, 0.3) is 0 Å². The highest BCUT2D eigenvalue weighted by Gasteiger charge is 2.17. The third-order valence-corrected chi connectivity index (χ3v) is 4.21. The van der Waals surface area contributed by atoms with Crippen LogP contribution >= 0.6 is 0 Å². The molecule has 4 heteroatoms. The van der Waals surface area contributed by atoms with Gasteiger partial charge in [0, 0.05) is 5.56 Å². The van der Waals surface area contributed by atoms with Crippen molar-refractivity contribution in [2.45, 2.75) is 12.8 Å². The molecule has 3 aromatic carbocycles. The van der Waals surface area contributed by atoms with Gasteiger partial charge in [0.1, 0.15) is 11.6 Å².